The number of hydrogen-bond acceptors (Lipinski definition) is 4. The summed E-state index contributed by atoms with van der Waals surface area (Å²) in [4.78, 5) is 5.00. The van der Waals surface area contributed by atoms with Gasteiger partial charge in [-0.2, -0.15) is 5.10 Å². The Labute approximate surface area is 152 Å². The van der Waals surface area contributed by atoms with Crippen molar-refractivity contribution in [2.24, 2.45) is 0 Å². The molecular weight excluding hydrogens is 334 g/mol. The fourth-order valence-corrected chi connectivity index (χ4v) is 4.23. The van der Waals surface area contributed by atoms with E-state index < -0.39 is 0 Å². The summed E-state index contributed by atoms with van der Waals surface area (Å²) in [5, 5.41) is 7.03. The van der Waals surface area contributed by atoms with Crippen LogP contribution in [-0.2, 0) is 6.42 Å². The summed E-state index contributed by atoms with van der Waals surface area (Å²) in [6, 6.07) is 10.5. The second-order valence-corrected chi connectivity index (χ2v) is 7.36. The molecule has 3 nitrogen and oxygen atoms in total. The van der Waals surface area contributed by atoms with Crippen LogP contribution < -0.4 is 0 Å². The average Bonchev–Trinajstić information content (AvgIpc) is 3.00. The van der Waals surface area contributed by atoms with Crippen molar-refractivity contribution in [1.29, 1.82) is 0 Å². The van der Waals surface area contributed by atoms with E-state index in [4.69, 9.17) is 10.1 Å². The molecule has 126 valence electrons. The van der Waals surface area contributed by atoms with Gasteiger partial charge < -0.3 is 0 Å². The zero-order valence-corrected chi connectivity index (χ0v) is 16.3. The standard InChI is InChI=1S/C19H23N3S2/c1-5-6-12-15-13(2)22-17(20-18(15)23-3)16(19(21-22)24-4)14-10-8-7-9-11-14/h7-11H,5-6,12H2,1-4H3. The Kier molecular flexibility index (Phi) is 5.51. The largest absolute Gasteiger partial charge is 0.221 e. The van der Waals surface area contributed by atoms with Crippen molar-refractivity contribution in [3.8, 4) is 11.1 Å². The van der Waals surface area contributed by atoms with Crippen LogP contribution in [-0.4, -0.2) is 27.1 Å². The summed E-state index contributed by atoms with van der Waals surface area (Å²) in [5.41, 5.74) is 5.84. The molecule has 0 saturated heterocycles. The van der Waals surface area contributed by atoms with Crippen molar-refractivity contribution in [3.63, 3.8) is 0 Å². The Bertz CT molecular complexity index is 841. The molecule has 0 bridgehead atoms. The maximum Gasteiger partial charge on any atom is 0.165 e. The third-order valence-corrected chi connectivity index (χ3v) is 5.68. The monoisotopic (exact) mass is 357 g/mol. The van der Waals surface area contributed by atoms with Crippen LogP contribution in [0.3, 0.4) is 0 Å². The highest BCUT2D eigenvalue weighted by atomic mass is 32.2. The number of fused-ring (bicyclic) bond motifs is 1. The van der Waals surface area contributed by atoms with E-state index in [2.05, 4.69) is 50.6 Å². The van der Waals surface area contributed by atoms with Crippen molar-refractivity contribution in [2.75, 3.05) is 12.5 Å². The maximum atomic E-state index is 5.00. The quantitative estimate of drug-likeness (QED) is 0.431. The lowest BCUT2D eigenvalue weighted by Gasteiger charge is -2.12. The number of benzene rings is 1. The number of hydrogen-bond donors (Lipinski definition) is 0. The molecule has 0 N–H and O–H groups in total. The Hall–Kier alpha value is -1.46. The molecular formula is C19H23N3S2. The molecule has 0 aliphatic rings. The van der Waals surface area contributed by atoms with E-state index in [0.29, 0.717) is 0 Å². The van der Waals surface area contributed by atoms with E-state index in [1.165, 1.54) is 29.7 Å². The summed E-state index contributed by atoms with van der Waals surface area (Å²) in [5.74, 6) is 0. The first-order valence-corrected chi connectivity index (χ1v) is 10.7. The van der Waals surface area contributed by atoms with Crippen LogP contribution in [0, 0.1) is 6.92 Å². The summed E-state index contributed by atoms with van der Waals surface area (Å²) in [7, 11) is 0. The summed E-state index contributed by atoms with van der Waals surface area (Å²) < 4.78 is 2.04. The maximum absolute atomic E-state index is 5.00. The van der Waals surface area contributed by atoms with Crippen LogP contribution in [0.2, 0.25) is 0 Å². The molecule has 0 spiro atoms. The zero-order chi connectivity index (χ0) is 17.1. The topological polar surface area (TPSA) is 30.2 Å². The van der Waals surface area contributed by atoms with Crippen molar-refractivity contribution in [2.45, 2.75) is 43.2 Å². The number of aryl methyl sites for hydroxylation is 1. The number of thioether (sulfide) groups is 2. The fraction of sp³-hybridized carbons (Fsp3) is 0.368. The van der Waals surface area contributed by atoms with Gasteiger partial charge in [-0.15, -0.1) is 23.5 Å². The van der Waals surface area contributed by atoms with Crippen LogP contribution >= 0.6 is 23.5 Å². The molecule has 0 atom stereocenters. The van der Waals surface area contributed by atoms with Crippen molar-refractivity contribution in [1.82, 2.24) is 14.6 Å². The molecule has 1 aromatic carbocycles. The van der Waals surface area contributed by atoms with Gasteiger partial charge in [-0.3, -0.25) is 0 Å². The molecule has 0 fully saturated rings. The first-order valence-electron chi connectivity index (χ1n) is 8.26. The molecule has 0 radical (unpaired) electrons. The molecule has 5 heteroatoms. The first-order chi connectivity index (χ1) is 11.7. The Morgan fingerprint density at radius 2 is 1.75 bits per heavy atom. The molecule has 0 unspecified atom stereocenters. The Morgan fingerprint density at radius 1 is 1.04 bits per heavy atom. The average molecular weight is 358 g/mol. The van der Waals surface area contributed by atoms with Gasteiger partial charge >= 0.3 is 0 Å². The number of unbranched alkanes of at least 4 members (excludes halogenated alkanes) is 1. The number of aromatic nitrogens is 3. The minimum atomic E-state index is 0.965. The molecule has 3 aromatic rings. The van der Waals surface area contributed by atoms with E-state index in [1.54, 1.807) is 23.5 Å². The molecule has 2 aromatic heterocycles. The zero-order valence-electron chi connectivity index (χ0n) is 14.7. The molecule has 0 aliphatic carbocycles. The van der Waals surface area contributed by atoms with E-state index in [-0.39, 0.29) is 0 Å². The van der Waals surface area contributed by atoms with Gasteiger partial charge in [0.05, 0.1) is 5.56 Å². The van der Waals surface area contributed by atoms with Crippen molar-refractivity contribution >= 4 is 29.2 Å². The van der Waals surface area contributed by atoms with Crippen molar-refractivity contribution < 1.29 is 0 Å². The highest BCUT2D eigenvalue weighted by molar-refractivity contribution is 7.98. The first kappa shape index (κ1) is 17.4. The van der Waals surface area contributed by atoms with E-state index in [1.807, 2.05) is 10.6 Å². The van der Waals surface area contributed by atoms with Gasteiger partial charge in [0.1, 0.15) is 10.1 Å². The SMILES string of the molecule is CCCCc1c(SC)nc2c(-c3ccccc3)c(SC)nn2c1C. The molecule has 0 saturated carbocycles. The van der Waals surface area contributed by atoms with E-state index >= 15 is 0 Å². The van der Waals surface area contributed by atoms with Crippen LogP contribution in [0.5, 0.6) is 0 Å². The Morgan fingerprint density at radius 3 is 2.38 bits per heavy atom. The Balaban J connectivity index is 2.28. The van der Waals surface area contributed by atoms with Crippen LogP contribution in [0.4, 0.5) is 0 Å². The van der Waals surface area contributed by atoms with Crippen LogP contribution in [0.1, 0.15) is 31.0 Å². The fourth-order valence-electron chi connectivity index (χ4n) is 2.98. The molecule has 2 heterocycles. The van der Waals surface area contributed by atoms with Crippen LogP contribution in [0.15, 0.2) is 40.4 Å². The lowest BCUT2D eigenvalue weighted by Crippen LogP contribution is -2.05. The van der Waals surface area contributed by atoms with Gasteiger partial charge in [0.15, 0.2) is 5.65 Å². The highest BCUT2D eigenvalue weighted by Crippen LogP contribution is 2.35. The van der Waals surface area contributed by atoms with Gasteiger partial charge in [-0.05, 0) is 37.8 Å². The third-order valence-electron chi connectivity index (χ3n) is 4.28. The number of nitrogens with zero attached hydrogens (tertiary/aromatic N) is 3. The van der Waals surface area contributed by atoms with Crippen LogP contribution in [0.25, 0.3) is 16.8 Å². The minimum absolute atomic E-state index is 0.965. The lowest BCUT2D eigenvalue weighted by atomic mass is 10.1. The predicted molar refractivity (Wildman–Crippen MR) is 105 cm³/mol. The summed E-state index contributed by atoms with van der Waals surface area (Å²) >= 11 is 3.42. The normalized spacial score (nSPS) is 11.3. The van der Waals surface area contributed by atoms with E-state index in [9.17, 15) is 0 Å². The van der Waals surface area contributed by atoms with E-state index in [0.717, 1.165) is 27.7 Å². The summed E-state index contributed by atoms with van der Waals surface area (Å²) in [6.45, 7) is 4.40. The van der Waals surface area contributed by atoms with Gasteiger partial charge in [-0.25, -0.2) is 9.50 Å². The van der Waals surface area contributed by atoms with Gasteiger partial charge in [0.25, 0.3) is 0 Å². The lowest BCUT2D eigenvalue weighted by molar-refractivity contribution is 0.740. The van der Waals surface area contributed by atoms with Crippen molar-refractivity contribution in [3.05, 3.63) is 41.6 Å². The van der Waals surface area contributed by atoms with Gasteiger partial charge in [0, 0.05) is 11.3 Å². The van der Waals surface area contributed by atoms with Gasteiger partial charge in [-0.1, -0.05) is 43.7 Å². The molecule has 0 aliphatic heterocycles. The second kappa shape index (κ2) is 7.62. The van der Waals surface area contributed by atoms with Gasteiger partial charge in [0.2, 0.25) is 0 Å². The third kappa shape index (κ3) is 3.07. The molecule has 0 amide bonds. The summed E-state index contributed by atoms with van der Waals surface area (Å²) in [6.07, 6.45) is 7.63. The molecule has 24 heavy (non-hydrogen) atoms. The molecule has 3 rings (SSSR count). The smallest absolute Gasteiger partial charge is 0.165 e. The minimum Gasteiger partial charge on any atom is -0.221 e. The predicted octanol–water partition coefficient (Wildman–Crippen LogP) is 5.49. The second-order valence-electron chi connectivity index (χ2n) is 5.77. The number of rotatable bonds is 6. The highest BCUT2D eigenvalue weighted by Gasteiger charge is 2.20.